The number of fused-ring (bicyclic) bond motifs is 2. The van der Waals surface area contributed by atoms with Crippen molar-refractivity contribution in [2.75, 3.05) is 4.90 Å². The molecule has 0 saturated carbocycles. The van der Waals surface area contributed by atoms with Gasteiger partial charge in [0.05, 0.1) is 17.0 Å². The quantitative estimate of drug-likeness (QED) is 0.291. The van der Waals surface area contributed by atoms with Gasteiger partial charge < -0.3 is 9.15 Å². The number of ether oxygens (including phenoxy) is 1. The lowest BCUT2D eigenvalue weighted by Crippen LogP contribution is -2.31. The molecule has 170 valence electrons. The summed E-state index contributed by atoms with van der Waals surface area (Å²) in [6, 6.07) is 22.6. The van der Waals surface area contributed by atoms with Crippen LogP contribution in [-0.2, 0) is 0 Å². The largest absolute Gasteiger partial charge is 0.457 e. The van der Waals surface area contributed by atoms with Crippen LogP contribution in [0.25, 0.3) is 11.0 Å². The fraction of sp³-hybridized carbons (Fsp3) is 0.0370. The fourth-order valence-electron chi connectivity index (χ4n) is 4.26. The van der Waals surface area contributed by atoms with Gasteiger partial charge in [-0.1, -0.05) is 46.3 Å². The average molecular weight is 526 g/mol. The summed E-state index contributed by atoms with van der Waals surface area (Å²) in [6.07, 6.45) is 3.10. The molecule has 0 saturated heterocycles. The van der Waals surface area contributed by atoms with Crippen molar-refractivity contribution < 1.29 is 13.9 Å². The highest BCUT2D eigenvalue weighted by Gasteiger charge is 2.45. The third-order valence-electron chi connectivity index (χ3n) is 5.75. The second-order valence-corrected chi connectivity index (χ2v) is 8.84. The van der Waals surface area contributed by atoms with Crippen molar-refractivity contribution >= 4 is 38.8 Å². The number of hydrogen-bond acceptors (Lipinski definition) is 6. The zero-order chi connectivity index (χ0) is 23.9. The van der Waals surface area contributed by atoms with Gasteiger partial charge in [0, 0.05) is 16.9 Å². The molecular weight excluding hydrogens is 510 g/mol. The number of carbonyl (C=O) groups is 1. The van der Waals surface area contributed by atoms with Crippen LogP contribution >= 0.6 is 15.9 Å². The summed E-state index contributed by atoms with van der Waals surface area (Å²) in [7, 11) is 0. The SMILES string of the molecule is O=C1c2oc3ccc(Br)cc3c(=O)c2C(c2cccc(Oc3ccccc3)c2)N1c1ncccn1. The van der Waals surface area contributed by atoms with Gasteiger partial charge >= 0.3 is 0 Å². The minimum absolute atomic E-state index is 0.0170. The van der Waals surface area contributed by atoms with Crippen LogP contribution in [0.5, 0.6) is 11.5 Å². The Kier molecular flexibility index (Phi) is 5.15. The number of aromatic nitrogens is 2. The Hall–Kier alpha value is -4.30. The number of amides is 1. The summed E-state index contributed by atoms with van der Waals surface area (Å²) in [4.78, 5) is 37.3. The van der Waals surface area contributed by atoms with E-state index in [-0.39, 0.29) is 22.7 Å². The third-order valence-corrected chi connectivity index (χ3v) is 6.25. The molecule has 0 N–H and O–H groups in total. The van der Waals surface area contributed by atoms with Gasteiger partial charge in [0.15, 0.2) is 5.43 Å². The van der Waals surface area contributed by atoms with Crippen LogP contribution < -0.4 is 15.1 Å². The standard InChI is InChI=1S/C27H16BrN3O4/c28-17-10-11-21-20(15-17)24(32)22-23(31(26(33)25(22)35-21)27-29-12-5-13-30-27)16-6-4-9-19(14-16)34-18-7-2-1-3-8-18/h1-15,23H. The number of hydrogen-bond donors (Lipinski definition) is 0. The Labute approximate surface area is 207 Å². The molecule has 0 bridgehead atoms. The molecule has 2 aromatic heterocycles. The molecule has 8 heteroatoms. The predicted molar refractivity (Wildman–Crippen MR) is 134 cm³/mol. The minimum atomic E-state index is -0.793. The number of para-hydroxylation sites is 1. The summed E-state index contributed by atoms with van der Waals surface area (Å²) in [5.74, 6) is 0.916. The van der Waals surface area contributed by atoms with Crippen molar-refractivity contribution in [3.8, 4) is 11.5 Å². The van der Waals surface area contributed by atoms with E-state index >= 15 is 0 Å². The Morgan fingerprint density at radius 1 is 0.857 bits per heavy atom. The van der Waals surface area contributed by atoms with Gasteiger partial charge in [-0.2, -0.15) is 0 Å². The van der Waals surface area contributed by atoms with E-state index in [4.69, 9.17) is 9.15 Å². The molecule has 1 aliphatic rings. The third kappa shape index (κ3) is 3.68. The molecule has 0 fully saturated rings. The first-order chi connectivity index (χ1) is 17.1. The molecule has 3 aromatic carbocycles. The maximum atomic E-state index is 13.7. The first-order valence-electron chi connectivity index (χ1n) is 10.8. The van der Waals surface area contributed by atoms with E-state index < -0.39 is 11.9 Å². The van der Waals surface area contributed by atoms with Gasteiger partial charge in [0.2, 0.25) is 11.7 Å². The molecule has 1 amide bonds. The number of anilines is 1. The maximum Gasteiger partial charge on any atom is 0.297 e. The van der Waals surface area contributed by atoms with E-state index in [1.807, 2.05) is 48.5 Å². The number of carbonyl (C=O) groups excluding carboxylic acids is 1. The zero-order valence-electron chi connectivity index (χ0n) is 18.1. The Bertz CT molecular complexity index is 1640. The van der Waals surface area contributed by atoms with Crippen LogP contribution in [0.15, 0.2) is 105 Å². The van der Waals surface area contributed by atoms with Crippen molar-refractivity contribution in [2.45, 2.75) is 6.04 Å². The monoisotopic (exact) mass is 525 g/mol. The zero-order valence-corrected chi connectivity index (χ0v) is 19.7. The highest BCUT2D eigenvalue weighted by Crippen LogP contribution is 2.41. The van der Waals surface area contributed by atoms with Crippen molar-refractivity contribution in [3.05, 3.63) is 123 Å². The van der Waals surface area contributed by atoms with E-state index in [0.717, 1.165) is 4.47 Å². The topological polar surface area (TPSA) is 85.5 Å². The molecule has 3 heterocycles. The molecule has 1 atom stereocenters. The number of nitrogens with zero attached hydrogens (tertiary/aromatic N) is 3. The predicted octanol–water partition coefficient (Wildman–Crippen LogP) is 5.89. The maximum absolute atomic E-state index is 13.7. The van der Waals surface area contributed by atoms with Crippen molar-refractivity contribution in [3.63, 3.8) is 0 Å². The second-order valence-electron chi connectivity index (χ2n) is 7.93. The van der Waals surface area contributed by atoms with E-state index in [1.54, 1.807) is 42.7 Å². The molecule has 1 unspecified atom stereocenters. The molecule has 7 nitrogen and oxygen atoms in total. The highest BCUT2D eigenvalue weighted by atomic mass is 79.9. The van der Waals surface area contributed by atoms with Crippen LogP contribution in [-0.4, -0.2) is 15.9 Å². The number of rotatable bonds is 4. The molecule has 0 spiro atoms. The van der Waals surface area contributed by atoms with Crippen molar-refractivity contribution in [2.24, 2.45) is 0 Å². The van der Waals surface area contributed by atoms with Gasteiger partial charge in [-0.05, 0) is 54.1 Å². The summed E-state index contributed by atoms with van der Waals surface area (Å²) in [6.45, 7) is 0. The minimum Gasteiger partial charge on any atom is -0.457 e. The molecule has 0 radical (unpaired) electrons. The molecular formula is C27H16BrN3O4. The van der Waals surface area contributed by atoms with Gasteiger partial charge in [-0.25, -0.2) is 9.97 Å². The Morgan fingerprint density at radius 2 is 1.63 bits per heavy atom. The van der Waals surface area contributed by atoms with Crippen LogP contribution in [0.3, 0.4) is 0 Å². The van der Waals surface area contributed by atoms with Crippen LogP contribution in [0.4, 0.5) is 5.95 Å². The highest BCUT2D eigenvalue weighted by molar-refractivity contribution is 9.10. The lowest BCUT2D eigenvalue weighted by atomic mass is 9.98. The van der Waals surface area contributed by atoms with Gasteiger partial charge in [0.1, 0.15) is 17.1 Å². The fourth-order valence-corrected chi connectivity index (χ4v) is 4.62. The smallest absolute Gasteiger partial charge is 0.297 e. The first-order valence-corrected chi connectivity index (χ1v) is 11.6. The molecule has 0 aliphatic carbocycles. The summed E-state index contributed by atoms with van der Waals surface area (Å²) in [5.41, 5.74) is 0.958. The first kappa shape index (κ1) is 21.2. The Balaban J connectivity index is 1.56. The average Bonchev–Trinajstić information content (AvgIpc) is 3.18. The number of benzene rings is 3. The van der Waals surface area contributed by atoms with E-state index in [9.17, 15) is 9.59 Å². The molecule has 5 aromatic rings. The molecule has 35 heavy (non-hydrogen) atoms. The van der Waals surface area contributed by atoms with Crippen LogP contribution in [0.1, 0.15) is 27.7 Å². The van der Waals surface area contributed by atoms with Crippen molar-refractivity contribution in [1.29, 1.82) is 0 Å². The van der Waals surface area contributed by atoms with Gasteiger partial charge in [0.25, 0.3) is 5.91 Å². The lowest BCUT2D eigenvalue weighted by Gasteiger charge is -2.23. The van der Waals surface area contributed by atoms with E-state index in [0.29, 0.717) is 28.0 Å². The second kappa shape index (κ2) is 8.48. The normalized spacial score (nSPS) is 14.8. The number of halogens is 1. The van der Waals surface area contributed by atoms with Crippen molar-refractivity contribution in [1.82, 2.24) is 9.97 Å². The van der Waals surface area contributed by atoms with Gasteiger partial charge in [-0.15, -0.1) is 0 Å². The van der Waals surface area contributed by atoms with Crippen LogP contribution in [0, 0.1) is 0 Å². The van der Waals surface area contributed by atoms with Gasteiger partial charge in [-0.3, -0.25) is 14.5 Å². The summed E-state index contributed by atoms with van der Waals surface area (Å²) in [5, 5.41) is 0.378. The summed E-state index contributed by atoms with van der Waals surface area (Å²) >= 11 is 3.41. The van der Waals surface area contributed by atoms with E-state index in [1.165, 1.54) is 4.90 Å². The van der Waals surface area contributed by atoms with E-state index in [2.05, 4.69) is 25.9 Å². The van der Waals surface area contributed by atoms with Crippen LogP contribution in [0.2, 0.25) is 0 Å². The summed E-state index contributed by atoms with van der Waals surface area (Å²) < 4.78 is 12.7. The molecule has 6 rings (SSSR count). The Morgan fingerprint density at radius 3 is 2.43 bits per heavy atom. The lowest BCUT2D eigenvalue weighted by molar-refractivity contribution is 0.0969. The molecule has 1 aliphatic heterocycles.